The Balaban J connectivity index is 1.70. The summed E-state index contributed by atoms with van der Waals surface area (Å²) in [5, 5.41) is 2.75. The predicted octanol–water partition coefficient (Wildman–Crippen LogP) is 4.99. The first kappa shape index (κ1) is 21.9. The molecule has 0 bridgehead atoms. The Hall–Kier alpha value is -3.94. The summed E-state index contributed by atoms with van der Waals surface area (Å²) < 4.78 is 44.2. The van der Waals surface area contributed by atoms with Crippen LogP contribution < -0.4 is 10.9 Å². The number of benzene rings is 2. The molecular weight excluding hydrogens is 443 g/mol. The molecule has 0 unspecified atom stereocenters. The molecule has 0 aliphatic heterocycles. The number of carbonyl (C=O) groups excluding carboxylic acids is 1. The van der Waals surface area contributed by atoms with E-state index in [-0.39, 0.29) is 33.6 Å². The van der Waals surface area contributed by atoms with E-state index in [1.807, 2.05) is 0 Å². The molecule has 1 fully saturated rings. The topological polar surface area (TPSA) is 64.0 Å². The molecule has 2 aromatic heterocycles. The van der Waals surface area contributed by atoms with Crippen molar-refractivity contribution in [2.45, 2.75) is 25.8 Å². The second kappa shape index (κ2) is 8.44. The molecular formula is C26H20F3N3O2. The van der Waals surface area contributed by atoms with E-state index >= 15 is 0 Å². The third-order valence-electron chi connectivity index (χ3n) is 6.19. The molecule has 0 radical (unpaired) electrons. The Morgan fingerprint density at radius 1 is 1.09 bits per heavy atom. The van der Waals surface area contributed by atoms with Gasteiger partial charge in [0.05, 0.1) is 17.0 Å². The number of nitrogens with zero attached hydrogens (tertiary/aromatic N) is 2. The Morgan fingerprint density at radius 3 is 2.56 bits per heavy atom. The maximum absolute atomic E-state index is 14.8. The van der Waals surface area contributed by atoms with E-state index in [9.17, 15) is 22.8 Å². The van der Waals surface area contributed by atoms with E-state index in [2.05, 4.69) is 10.3 Å². The summed E-state index contributed by atoms with van der Waals surface area (Å²) in [6, 6.07) is 12.4. The summed E-state index contributed by atoms with van der Waals surface area (Å²) >= 11 is 0. The van der Waals surface area contributed by atoms with Crippen molar-refractivity contribution in [2.75, 3.05) is 0 Å². The molecule has 2 aromatic carbocycles. The molecule has 1 saturated carbocycles. The highest BCUT2D eigenvalue weighted by molar-refractivity contribution is 6.08. The molecule has 5 rings (SSSR count). The average Bonchev–Trinajstić information content (AvgIpc) is 3.64. The SMILES string of the molecule is Cc1c(C(=O)N[C@H](c2cccc(F)c2)C2CC2)c2cccc(F)c2c(=O)n1-c1cccnc1F. The minimum atomic E-state index is -0.926. The van der Waals surface area contributed by atoms with Gasteiger partial charge < -0.3 is 5.32 Å². The van der Waals surface area contributed by atoms with Crippen LogP contribution in [0, 0.1) is 30.4 Å². The van der Waals surface area contributed by atoms with Gasteiger partial charge in [-0.05, 0) is 61.6 Å². The van der Waals surface area contributed by atoms with Crippen molar-refractivity contribution >= 4 is 16.7 Å². The summed E-state index contributed by atoms with van der Waals surface area (Å²) in [6.07, 6.45) is 2.97. The van der Waals surface area contributed by atoms with Crippen molar-refractivity contribution in [1.82, 2.24) is 14.9 Å². The number of hydrogen-bond donors (Lipinski definition) is 1. The maximum Gasteiger partial charge on any atom is 0.266 e. The molecule has 1 aliphatic rings. The third kappa shape index (κ3) is 3.75. The molecule has 0 spiro atoms. The summed E-state index contributed by atoms with van der Waals surface area (Å²) in [4.78, 5) is 30.5. The largest absolute Gasteiger partial charge is 0.345 e. The van der Waals surface area contributed by atoms with Gasteiger partial charge in [-0.3, -0.25) is 14.2 Å². The van der Waals surface area contributed by atoms with Crippen LogP contribution in [0.15, 0.2) is 65.6 Å². The molecule has 1 atom stereocenters. The normalized spacial score (nSPS) is 14.2. The lowest BCUT2D eigenvalue weighted by atomic mass is 9.99. The van der Waals surface area contributed by atoms with Gasteiger partial charge in [-0.2, -0.15) is 4.39 Å². The number of rotatable bonds is 5. The highest BCUT2D eigenvalue weighted by Gasteiger charge is 2.35. The standard InChI is InChI=1S/C26H20F3N3O2/c1-14-21(25(33)31-23(15-10-11-15)16-5-2-6-17(27)13-16)18-7-3-8-19(28)22(18)26(34)32(14)20-9-4-12-30-24(20)29/h2-9,12-13,15,23H,10-11H2,1H3,(H,31,33)/t23-/m0/s1. The van der Waals surface area contributed by atoms with E-state index in [0.29, 0.717) is 5.56 Å². The number of nitrogens with one attached hydrogen (secondary N) is 1. The van der Waals surface area contributed by atoms with Crippen molar-refractivity contribution in [2.24, 2.45) is 5.92 Å². The van der Waals surface area contributed by atoms with Crippen molar-refractivity contribution in [1.29, 1.82) is 0 Å². The monoisotopic (exact) mass is 463 g/mol. The smallest absolute Gasteiger partial charge is 0.266 e. The Labute approximate surface area is 192 Å². The average molecular weight is 463 g/mol. The lowest BCUT2D eigenvalue weighted by molar-refractivity contribution is 0.0932. The van der Waals surface area contributed by atoms with Crippen LogP contribution in [0.3, 0.4) is 0 Å². The highest BCUT2D eigenvalue weighted by atomic mass is 19.1. The molecule has 5 nitrogen and oxygen atoms in total. The predicted molar refractivity (Wildman–Crippen MR) is 121 cm³/mol. The van der Waals surface area contributed by atoms with Gasteiger partial charge in [-0.25, -0.2) is 13.8 Å². The maximum atomic E-state index is 14.8. The van der Waals surface area contributed by atoms with Gasteiger partial charge >= 0.3 is 0 Å². The second-order valence-electron chi connectivity index (χ2n) is 8.42. The minimum absolute atomic E-state index is 0.0411. The van der Waals surface area contributed by atoms with Crippen molar-refractivity contribution in [3.8, 4) is 5.69 Å². The fraction of sp³-hybridized carbons (Fsp3) is 0.192. The molecule has 34 heavy (non-hydrogen) atoms. The Kier molecular flexibility index (Phi) is 5.43. The van der Waals surface area contributed by atoms with Crippen LogP contribution >= 0.6 is 0 Å². The highest BCUT2D eigenvalue weighted by Crippen LogP contribution is 2.41. The molecule has 1 N–H and O–H groups in total. The molecule has 1 amide bonds. The molecule has 4 aromatic rings. The van der Waals surface area contributed by atoms with Gasteiger partial charge in [0.2, 0.25) is 5.95 Å². The first-order chi connectivity index (χ1) is 16.4. The van der Waals surface area contributed by atoms with Crippen LogP contribution in [0.4, 0.5) is 13.2 Å². The van der Waals surface area contributed by atoms with Crippen LogP contribution in [0.1, 0.15) is 40.5 Å². The Morgan fingerprint density at radius 2 is 1.85 bits per heavy atom. The zero-order valence-electron chi connectivity index (χ0n) is 18.2. The van der Waals surface area contributed by atoms with Crippen LogP contribution in [-0.2, 0) is 0 Å². The van der Waals surface area contributed by atoms with E-state index in [1.165, 1.54) is 49.5 Å². The fourth-order valence-electron chi connectivity index (χ4n) is 4.46. The fourth-order valence-corrected chi connectivity index (χ4v) is 4.46. The summed E-state index contributed by atoms with van der Waals surface area (Å²) in [6.45, 7) is 1.50. The van der Waals surface area contributed by atoms with Crippen LogP contribution in [0.2, 0.25) is 0 Å². The van der Waals surface area contributed by atoms with Crippen molar-refractivity contribution < 1.29 is 18.0 Å². The van der Waals surface area contributed by atoms with Crippen LogP contribution in [0.25, 0.3) is 16.5 Å². The first-order valence-electron chi connectivity index (χ1n) is 10.9. The van der Waals surface area contributed by atoms with Crippen LogP contribution in [0.5, 0.6) is 0 Å². The van der Waals surface area contributed by atoms with Crippen molar-refractivity contribution in [3.05, 3.63) is 106 Å². The van der Waals surface area contributed by atoms with E-state index in [0.717, 1.165) is 23.5 Å². The molecule has 8 heteroatoms. The van der Waals surface area contributed by atoms with Gasteiger partial charge in [0.15, 0.2) is 0 Å². The van der Waals surface area contributed by atoms with Gasteiger partial charge in [-0.1, -0.05) is 24.3 Å². The number of halogens is 3. The van der Waals surface area contributed by atoms with Crippen molar-refractivity contribution in [3.63, 3.8) is 0 Å². The van der Waals surface area contributed by atoms with Gasteiger partial charge in [0, 0.05) is 17.3 Å². The van der Waals surface area contributed by atoms with Gasteiger partial charge in [-0.15, -0.1) is 0 Å². The number of fused-ring (bicyclic) bond motifs is 1. The van der Waals surface area contributed by atoms with E-state index in [4.69, 9.17) is 0 Å². The molecule has 2 heterocycles. The van der Waals surface area contributed by atoms with Crippen LogP contribution in [-0.4, -0.2) is 15.5 Å². The number of pyridine rings is 2. The van der Waals surface area contributed by atoms with Gasteiger partial charge in [0.25, 0.3) is 11.5 Å². The Bertz CT molecular complexity index is 1490. The zero-order valence-corrected chi connectivity index (χ0v) is 18.2. The molecule has 172 valence electrons. The number of hydrogen-bond acceptors (Lipinski definition) is 3. The summed E-state index contributed by atoms with van der Waals surface area (Å²) in [5.74, 6) is -2.59. The number of carbonyl (C=O) groups is 1. The number of amides is 1. The summed E-state index contributed by atoms with van der Waals surface area (Å²) in [7, 11) is 0. The quantitative estimate of drug-likeness (QED) is 0.424. The summed E-state index contributed by atoms with van der Waals surface area (Å²) in [5.41, 5.74) is -0.178. The second-order valence-corrected chi connectivity index (χ2v) is 8.42. The lowest BCUT2D eigenvalue weighted by Crippen LogP contribution is -2.33. The molecule has 1 aliphatic carbocycles. The first-order valence-corrected chi connectivity index (χ1v) is 10.9. The molecule has 0 saturated heterocycles. The van der Waals surface area contributed by atoms with E-state index < -0.39 is 35.1 Å². The number of aromatic nitrogens is 2. The van der Waals surface area contributed by atoms with E-state index in [1.54, 1.807) is 12.1 Å². The third-order valence-corrected chi connectivity index (χ3v) is 6.19. The van der Waals surface area contributed by atoms with Gasteiger partial charge in [0.1, 0.15) is 17.3 Å². The lowest BCUT2D eigenvalue weighted by Gasteiger charge is -2.22. The minimum Gasteiger partial charge on any atom is -0.345 e. The zero-order chi connectivity index (χ0) is 24.0.